The zero-order valence-corrected chi connectivity index (χ0v) is 21.2. The van der Waals surface area contributed by atoms with Gasteiger partial charge in [0.1, 0.15) is 5.65 Å². The number of anilines is 2. The normalized spacial score (nSPS) is 14.2. The molecule has 2 aromatic carbocycles. The largest absolute Gasteiger partial charge is 0.465 e. The van der Waals surface area contributed by atoms with Crippen molar-refractivity contribution in [3.05, 3.63) is 66.5 Å². The highest BCUT2D eigenvalue weighted by atomic mass is 16.4. The summed E-state index contributed by atoms with van der Waals surface area (Å²) < 4.78 is 2.04. The molecule has 1 amide bonds. The Balaban J connectivity index is 1.66. The van der Waals surface area contributed by atoms with Crippen LogP contribution in [0.25, 0.3) is 28.0 Å². The fraction of sp³-hybridized carbons (Fsp3) is 0.286. The Bertz CT molecular complexity index is 1460. The van der Waals surface area contributed by atoms with Crippen LogP contribution in [0.1, 0.15) is 18.4 Å². The lowest BCUT2D eigenvalue weighted by molar-refractivity contribution is 0.203. The number of carboxylic acid groups (broad SMARTS) is 1. The fourth-order valence-corrected chi connectivity index (χ4v) is 4.91. The number of nitriles is 1. The first-order valence-electron chi connectivity index (χ1n) is 12.2. The number of nitrogens with zero attached hydrogens (tertiary/aromatic N) is 7. The van der Waals surface area contributed by atoms with Crippen LogP contribution in [-0.4, -0.2) is 70.7 Å². The highest BCUT2D eigenvalue weighted by molar-refractivity contribution is 5.92. The molecular weight excluding hydrogens is 466 g/mol. The summed E-state index contributed by atoms with van der Waals surface area (Å²) in [7, 11) is 5.77. The van der Waals surface area contributed by atoms with Crippen molar-refractivity contribution in [2.45, 2.75) is 18.9 Å². The smallest absolute Gasteiger partial charge is 0.411 e. The number of piperidine rings is 1. The van der Waals surface area contributed by atoms with Crippen LogP contribution >= 0.6 is 0 Å². The highest BCUT2D eigenvalue weighted by Gasteiger charge is 2.26. The maximum atomic E-state index is 11.4. The molecule has 1 aliphatic heterocycles. The van der Waals surface area contributed by atoms with Crippen LogP contribution in [-0.2, 0) is 0 Å². The van der Waals surface area contributed by atoms with Gasteiger partial charge in [-0.2, -0.15) is 5.26 Å². The van der Waals surface area contributed by atoms with E-state index in [1.807, 2.05) is 34.9 Å². The van der Waals surface area contributed by atoms with Crippen LogP contribution < -0.4 is 9.80 Å². The van der Waals surface area contributed by atoms with E-state index in [0.717, 1.165) is 59.9 Å². The monoisotopic (exact) mass is 495 g/mol. The molecule has 0 atom stereocenters. The van der Waals surface area contributed by atoms with Crippen molar-refractivity contribution < 1.29 is 9.90 Å². The number of hydrogen-bond acceptors (Lipinski definition) is 6. The van der Waals surface area contributed by atoms with Gasteiger partial charge in [-0.3, -0.25) is 9.30 Å². The molecule has 1 aliphatic rings. The summed E-state index contributed by atoms with van der Waals surface area (Å²) in [6.07, 6.45) is 4.81. The third-order valence-corrected chi connectivity index (χ3v) is 7.12. The quantitative estimate of drug-likeness (QED) is 0.432. The van der Waals surface area contributed by atoms with Crippen molar-refractivity contribution in [3.63, 3.8) is 0 Å². The zero-order valence-electron chi connectivity index (χ0n) is 21.2. The average Bonchev–Trinajstić information content (AvgIpc) is 3.42. The van der Waals surface area contributed by atoms with Gasteiger partial charge in [-0.05, 0) is 56.8 Å². The van der Waals surface area contributed by atoms with Crippen molar-refractivity contribution in [1.82, 2.24) is 19.3 Å². The Labute approximate surface area is 215 Å². The van der Waals surface area contributed by atoms with E-state index in [9.17, 15) is 15.2 Å². The minimum atomic E-state index is -1.02. The Morgan fingerprint density at radius 3 is 2.27 bits per heavy atom. The van der Waals surface area contributed by atoms with Gasteiger partial charge in [-0.15, -0.1) is 0 Å². The van der Waals surface area contributed by atoms with Crippen molar-refractivity contribution >= 4 is 23.4 Å². The summed E-state index contributed by atoms with van der Waals surface area (Å²) >= 11 is 0. The first-order valence-corrected chi connectivity index (χ1v) is 12.2. The van der Waals surface area contributed by atoms with Gasteiger partial charge in [0.15, 0.2) is 0 Å². The van der Waals surface area contributed by atoms with Gasteiger partial charge in [0, 0.05) is 49.8 Å². The Hall–Kier alpha value is -4.42. The molecule has 37 heavy (non-hydrogen) atoms. The molecule has 4 aromatic rings. The fourth-order valence-electron chi connectivity index (χ4n) is 4.91. The second-order valence-electron chi connectivity index (χ2n) is 9.52. The van der Waals surface area contributed by atoms with Crippen molar-refractivity contribution in [2.24, 2.45) is 0 Å². The molecule has 0 saturated carbocycles. The highest BCUT2D eigenvalue weighted by Crippen LogP contribution is 2.37. The second kappa shape index (κ2) is 9.91. The topological polar surface area (TPSA) is 101 Å². The van der Waals surface area contributed by atoms with Gasteiger partial charge in [0.2, 0.25) is 5.95 Å². The summed E-state index contributed by atoms with van der Waals surface area (Å²) in [6.45, 7) is 1.79. The number of aromatic nitrogens is 3. The van der Waals surface area contributed by atoms with Crippen LogP contribution in [0.3, 0.4) is 0 Å². The number of carbonyl (C=O) groups is 1. The number of hydrogen-bond donors (Lipinski definition) is 1. The summed E-state index contributed by atoms with van der Waals surface area (Å²) in [5.74, 6) is 0.843. The molecule has 3 heterocycles. The van der Waals surface area contributed by atoms with Crippen LogP contribution in [0.4, 0.5) is 16.4 Å². The van der Waals surface area contributed by atoms with Gasteiger partial charge in [0.25, 0.3) is 0 Å². The lowest BCUT2D eigenvalue weighted by atomic mass is 9.98. The maximum Gasteiger partial charge on any atom is 0.411 e. The van der Waals surface area contributed by atoms with Crippen molar-refractivity contribution in [3.8, 4) is 28.5 Å². The van der Waals surface area contributed by atoms with E-state index >= 15 is 0 Å². The molecule has 0 aliphatic carbocycles. The molecule has 9 nitrogen and oxygen atoms in total. The maximum absolute atomic E-state index is 11.4. The Morgan fingerprint density at radius 1 is 1.03 bits per heavy atom. The van der Waals surface area contributed by atoms with Gasteiger partial charge < -0.3 is 14.9 Å². The van der Waals surface area contributed by atoms with E-state index in [1.54, 1.807) is 30.5 Å². The Kier molecular flexibility index (Phi) is 6.51. The summed E-state index contributed by atoms with van der Waals surface area (Å²) in [5, 5.41) is 18.6. The minimum Gasteiger partial charge on any atom is -0.465 e. The van der Waals surface area contributed by atoms with Gasteiger partial charge >= 0.3 is 6.09 Å². The average molecular weight is 496 g/mol. The van der Waals surface area contributed by atoms with Crippen molar-refractivity contribution in [2.75, 3.05) is 44.0 Å². The van der Waals surface area contributed by atoms with Crippen LogP contribution in [0.2, 0.25) is 0 Å². The molecule has 5 rings (SSSR count). The molecule has 9 heteroatoms. The summed E-state index contributed by atoms with van der Waals surface area (Å²) in [5.41, 5.74) is 5.32. The molecule has 188 valence electrons. The molecule has 0 unspecified atom stereocenters. The van der Waals surface area contributed by atoms with Crippen LogP contribution in [0, 0.1) is 11.3 Å². The first kappa shape index (κ1) is 24.3. The number of amides is 1. The van der Waals surface area contributed by atoms with Gasteiger partial charge in [-0.25, -0.2) is 14.8 Å². The van der Waals surface area contributed by atoms with E-state index in [-0.39, 0.29) is 0 Å². The van der Waals surface area contributed by atoms with Crippen LogP contribution in [0.15, 0.2) is 60.9 Å². The summed E-state index contributed by atoms with van der Waals surface area (Å²) in [6, 6.07) is 17.5. The predicted octanol–water partition coefficient (Wildman–Crippen LogP) is 4.58. The van der Waals surface area contributed by atoms with Crippen molar-refractivity contribution in [1.29, 1.82) is 5.26 Å². The molecule has 1 N–H and O–H groups in total. The van der Waals surface area contributed by atoms with E-state index in [4.69, 9.17) is 9.97 Å². The molecule has 0 bridgehead atoms. The standard InChI is InChI=1S/C28H29N7O2/c1-32(2)22-12-15-34(16-13-22)27-31-25(21-6-4-19(18-29)5-7-21)24(26-30-14-17-35(26)27)20-8-10-23(11-9-20)33(3)28(36)37/h4-11,14,17,22H,12-13,15-16H2,1-3H3,(H,36,37). The third kappa shape index (κ3) is 4.59. The summed E-state index contributed by atoms with van der Waals surface area (Å²) in [4.78, 5) is 27.1. The predicted molar refractivity (Wildman–Crippen MR) is 144 cm³/mol. The second-order valence-corrected chi connectivity index (χ2v) is 9.52. The molecule has 0 radical (unpaired) electrons. The SMILES string of the molecule is CN(C(=O)O)c1ccc(-c2c(-c3ccc(C#N)cc3)nc(N3CCC(N(C)C)CC3)n3ccnc23)cc1. The van der Waals surface area contributed by atoms with Gasteiger partial charge in [-0.1, -0.05) is 24.3 Å². The zero-order chi connectivity index (χ0) is 26.1. The first-order chi connectivity index (χ1) is 17.9. The molecule has 2 aromatic heterocycles. The molecule has 1 fully saturated rings. The minimum absolute atomic E-state index is 0.550. The van der Waals surface area contributed by atoms with E-state index in [0.29, 0.717) is 17.3 Å². The van der Waals surface area contributed by atoms with E-state index < -0.39 is 6.09 Å². The lowest BCUT2D eigenvalue weighted by Crippen LogP contribution is -2.43. The molecule has 0 spiro atoms. The van der Waals surface area contributed by atoms with E-state index in [2.05, 4.69) is 30.0 Å². The number of imidazole rings is 1. The van der Waals surface area contributed by atoms with E-state index in [1.165, 1.54) is 11.9 Å². The molecule has 1 saturated heterocycles. The number of rotatable bonds is 5. The molecular formula is C28H29N7O2. The van der Waals surface area contributed by atoms with Gasteiger partial charge in [0.05, 0.1) is 22.9 Å². The lowest BCUT2D eigenvalue weighted by Gasteiger charge is -2.36. The number of benzene rings is 2. The number of fused-ring (bicyclic) bond motifs is 1. The Morgan fingerprint density at radius 2 is 1.68 bits per heavy atom. The third-order valence-electron chi connectivity index (χ3n) is 7.12. The van der Waals surface area contributed by atoms with Crippen LogP contribution in [0.5, 0.6) is 0 Å².